The molecule has 2 N–H and O–H groups in total. The van der Waals surface area contributed by atoms with Gasteiger partial charge in [-0.25, -0.2) is 0 Å². The molecule has 0 bridgehead atoms. The highest BCUT2D eigenvalue weighted by molar-refractivity contribution is 6.04. The molecule has 0 aromatic heterocycles. The van der Waals surface area contributed by atoms with Gasteiger partial charge >= 0.3 is 0 Å². The van der Waals surface area contributed by atoms with E-state index in [-0.39, 0.29) is 23.7 Å². The molecule has 0 saturated heterocycles. The van der Waals surface area contributed by atoms with Crippen LogP contribution in [0, 0.1) is 16.7 Å². The van der Waals surface area contributed by atoms with E-state index in [2.05, 4.69) is 6.58 Å². The number of aliphatic hydroxyl groups excluding tert-OH is 2. The Balaban J connectivity index is 2.15. The highest BCUT2D eigenvalue weighted by atomic mass is 16.3. The van der Waals surface area contributed by atoms with E-state index in [1.807, 2.05) is 6.92 Å². The van der Waals surface area contributed by atoms with Crippen LogP contribution in [0.1, 0.15) is 33.1 Å². The van der Waals surface area contributed by atoms with Gasteiger partial charge in [0.2, 0.25) is 0 Å². The van der Waals surface area contributed by atoms with Crippen LogP contribution < -0.4 is 0 Å². The number of allylic oxidation sites excluding steroid dienone is 1. The Hall–Kier alpha value is -0.930. The zero-order valence-electron chi connectivity index (χ0n) is 11.0. The van der Waals surface area contributed by atoms with Gasteiger partial charge in [-0.1, -0.05) is 19.1 Å². The molecule has 3 rings (SSSR count). The molecule has 0 aromatic carbocycles. The summed E-state index contributed by atoms with van der Waals surface area (Å²) in [5.74, 6) is -0.126. The van der Waals surface area contributed by atoms with E-state index < -0.39 is 11.5 Å². The first-order valence-electron chi connectivity index (χ1n) is 6.62. The van der Waals surface area contributed by atoms with Crippen LogP contribution in [-0.4, -0.2) is 28.7 Å². The normalized spacial score (nSPS) is 41.6. The summed E-state index contributed by atoms with van der Waals surface area (Å²) in [5, 5.41) is 19.9. The number of hydrogen-bond acceptors (Lipinski definition) is 3. The SMILES string of the molecule is C=C1C(O)C2CC(C)(CO)C(=O)C2=C(C)C12CC2. The lowest BCUT2D eigenvalue weighted by molar-refractivity contribution is -0.124. The van der Waals surface area contributed by atoms with E-state index in [0.717, 1.165) is 29.6 Å². The molecule has 2 saturated carbocycles. The van der Waals surface area contributed by atoms with Crippen LogP contribution in [0.15, 0.2) is 23.3 Å². The number of Topliss-reactive ketones (excluding diaryl/α,β-unsaturated/α-hetero) is 1. The molecular weight excluding hydrogens is 228 g/mol. The lowest BCUT2D eigenvalue weighted by Gasteiger charge is -2.35. The molecule has 18 heavy (non-hydrogen) atoms. The smallest absolute Gasteiger partial charge is 0.167 e. The first kappa shape index (κ1) is 12.1. The first-order chi connectivity index (χ1) is 8.37. The maximum atomic E-state index is 12.5. The van der Waals surface area contributed by atoms with Crippen LogP contribution in [-0.2, 0) is 4.79 Å². The molecule has 3 nitrogen and oxygen atoms in total. The van der Waals surface area contributed by atoms with Gasteiger partial charge in [0.1, 0.15) is 0 Å². The molecule has 3 heteroatoms. The largest absolute Gasteiger partial charge is 0.395 e. The van der Waals surface area contributed by atoms with Crippen molar-refractivity contribution in [3.8, 4) is 0 Å². The minimum Gasteiger partial charge on any atom is -0.395 e. The number of ketones is 1. The number of rotatable bonds is 1. The Kier molecular flexibility index (Phi) is 2.25. The minimum atomic E-state index is -0.719. The van der Waals surface area contributed by atoms with Gasteiger partial charge in [-0.2, -0.15) is 0 Å². The summed E-state index contributed by atoms with van der Waals surface area (Å²) in [6, 6.07) is 0. The van der Waals surface area contributed by atoms with Crippen molar-refractivity contribution >= 4 is 5.78 Å². The van der Waals surface area contributed by atoms with Crippen LogP contribution >= 0.6 is 0 Å². The molecule has 3 aliphatic rings. The number of carbonyl (C=O) groups excluding carboxylic acids is 1. The maximum absolute atomic E-state index is 12.5. The topological polar surface area (TPSA) is 57.5 Å². The van der Waals surface area contributed by atoms with Crippen molar-refractivity contribution in [1.82, 2.24) is 0 Å². The van der Waals surface area contributed by atoms with E-state index in [0.29, 0.717) is 6.42 Å². The van der Waals surface area contributed by atoms with Gasteiger partial charge in [0.25, 0.3) is 0 Å². The standard InChI is InChI=1S/C15H20O3/c1-8-11-10(6-14(3,7-16)13(11)18)12(17)9(2)15(8)4-5-15/h10,12,16-17H,2,4-7H2,1,3H3. The molecule has 98 valence electrons. The summed E-state index contributed by atoms with van der Waals surface area (Å²) in [4.78, 5) is 12.5. The van der Waals surface area contributed by atoms with E-state index in [9.17, 15) is 15.0 Å². The molecule has 0 amide bonds. The van der Waals surface area contributed by atoms with Crippen molar-refractivity contribution in [3.63, 3.8) is 0 Å². The van der Waals surface area contributed by atoms with Crippen molar-refractivity contribution < 1.29 is 15.0 Å². The molecule has 3 aliphatic carbocycles. The summed E-state index contributed by atoms with van der Waals surface area (Å²) in [7, 11) is 0. The van der Waals surface area contributed by atoms with Gasteiger partial charge in [0.15, 0.2) is 5.78 Å². The average Bonchev–Trinajstić information content (AvgIpc) is 3.10. The van der Waals surface area contributed by atoms with Crippen LogP contribution in [0.2, 0.25) is 0 Å². The fourth-order valence-corrected chi connectivity index (χ4v) is 3.87. The van der Waals surface area contributed by atoms with Crippen molar-refractivity contribution in [2.75, 3.05) is 6.61 Å². The Labute approximate surface area is 107 Å². The molecule has 3 unspecified atom stereocenters. The predicted octanol–water partition coefficient (Wildman–Crippen LogP) is 1.60. The third kappa shape index (κ3) is 1.19. The third-order valence-corrected chi connectivity index (χ3v) is 5.41. The Bertz CT molecular complexity index is 484. The zero-order valence-corrected chi connectivity index (χ0v) is 11.0. The van der Waals surface area contributed by atoms with Crippen molar-refractivity contribution in [1.29, 1.82) is 0 Å². The van der Waals surface area contributed by atoms with Crippen LogP contribution in [0.5, 0.6) is 0 Å². The number of fused-ring (bicyclic) bond motifs is 1. The fourth-order valence-electron chi connectivity index (χ4n) is 3.87. The molecular formula is C15H20O3. The first-order valence-corrected chi connectivity index (χ1v) is 6.62. The lowest BCUT2D eigenvalue weighted by Crippen LogP contribution is -2.33. The minimum absolute atomic E-state index is 0.0327. The highest BCUT2D eigenvalue weighted by Gasteiger charge is 2.60. The summed E-state index contributed by atoms with van der Waals surface area (Å²) in [6.45, 7) is 7.72. The van der Waals surface area contributed by atoms with E-state index in [4.69, 9.17) is 0 Å². The van der Waals surface area contributed by atoms with E-state index in [1.54, 1.807) is 6.92 Å². The molecule has 0 radical (unpaired) electrons. The van der Waals surface area contributed by atoms with Crippen LogP contribution in [0.3, 0.4) is 0 Å². The summed E-state index contributed by atoms with van der Waals surface area (Å²) in [6.07, 6.45) is 1.90. The molecule has 0 heterocycles. The Morgan fingerprint density at radius 1 is 1.44 bits per heavy atom. The quantitative estimate of drug-likeness (QED) is 0.693. The summed E-state index contributed by atoms with van der Waals surface area (Å²) >= 11 is 0. The van der Waals surface area contributed by atoms with Crippen molar-refractivity contribution in [3.05, 3.63) is 23.3 Å². The molecule has 0 aromatic rings. The van der Waals surface area contributed by atoms with Gasteiger partial charge in [0, 0.05) is 16.9 Å². The monoisotopic (exact) mass is 248 g/mol. The second-order valence-electron chi connectivity index (χ2n) is 6.45. The number of carbonyl (C=O) groups is 1. The lowest BCUT2D eigenvalue weighted by atomic mass is 9.71. The van der Waals surface area contributed by atoms with Crippen LogP contribution in [0.25, 0.3) is 0 Å². The number of aliphatic hydroxyl groups is 2. The van der Waals surface area contributed by atoms with Gasteiger partial charge < -0.3 is 10.2 Å². The molecule has 3 atom stereocenters. The van der Waals surface area contributed by atoms with Gasteiger partial charge in [-0.15, -0.1) is 0 Å². The third-order valence-electron chi connectivity index (χ3n) is 5.41. The van der Waals surface area contributed by atoms with E-state index in [1.165, 1.54) is 0 Å². The van der Waals surface area contributed by atoms with E-state index >= 15 is 0 Å². The summed E-state index contributed by atoms with van der Waals surface area (Å²) in [5.41, 5.74) is 1.93. The Morgan fingerprint density at radius 2 is 2.06 bits per heavy atom. The fraction of sp³-hybridized carbons (Fsp3) is 0.667. The highest BCUT2D eigenvalue weighted by Crippen LogP contribution is 2.65. The van der Waals surface area contributed by atoms with Gasteiger partial charge in [-0.05, 0) is 31.8 Å². The van der Waals surface area contributed by atoms with Crippen molar-refractivity contribution in [2.24, 2.45) is 16.7 Å². The predicted molar refractivity (Wildman–Crippen MR) is 67.8 cm³/mol. The van der Waals surface area contributed by atoms with Crippen molar-refractivity contribution in [2.45, 2.75) is 39.2 Å². The second kappa shape index (κ2) is 3.34. The van der Waals surface area contributed by atoms with Crippen LogP contribution in [0.4, 0.5) is 0 Å². The molecule has 1 spiro atoms. The van der Waals surface area contributed by atoms with Gasteiger partial charge in [-0.3, -0.25) is 4.79 Å². The Morgan fingerprint density at radius 3 is 2.56 bits per heavy atom. The average molecular weight is 248 g/mol. The maximum Gasteiger partial charge on any atom is 0.167 e. The molecule has 2 fully saturated rings. The zero-order chi connectivity index (χ0) is 13.3. The second-order valence-corrected chi connectivity index (χ2v) is 6.45. The molecule has 0 aliphatic heterocycles. The number of hydrogen-bond donors (Lipinski definition) is 2. The summed E-state index contributed by atoms with van der Waals surface area (Å²) < 4.78 is 0. The van der Waals surface area contributed by atoms with Gasteiger partial charge in [0.05, 0.1) is 18.1 Å².